The van der Waals surface area contributed by atoms with E-state index < -0.39 is 11.9 Å². The van der Waals surface area contributed by atoms with E-state index in [1.165, 1.54) is 19.3 Å². The molecule has 0 bridgehead atoms. The van der Waals surface area contributed by atoms with Crippen LogP contribution in [-0.2, 0) is 9.59 Å². The maximum absolute atomic E-state index is 12.3. The minimum atomic E-state index is -0.588. The highest BCUT2D eigenvalue weighted by atomic mass is 16.6. The molecular formula is C25H26N2O5. The summed E-state index contributed by atoms with van der Waals surface area (Å²) in [6.07, 6.45) is 5.13. The number of rotatable bonds is 10. The zero-order valence-corrected chi connectivity index (χ0v) is 18.4. The molecule has 7 nitrogen and oxygen atoms in total. The van der Waals surface area contributed by atoms with Crippen molar-refractivity contribution in [1.29, 1.82) is 5.26 Å². The average molecular weight is 434 g/mol. The number of nitrogens with zero attached hydrogens (tertiary/aromatic N) is 1. The maximum Gasteiger partial charge on any atom is 0.336 e. The molecule has 0 heterocycles. The van der Waals surface area contributed by atoms with Gasteiger partial charge < -0.3 is 19.5 Å². The summed E-state index contributed by atoms with van der Waals surface area (Å²) >= 11 is 0. The van der Waals surface area contributed by atoms with Gasteiger partial charge in [0.2, 0.25) is 0 Å². The summed E-state index contributed by atoms with van der Waals surface area (Å²) in [5.41, 5.74) is 1.29. The Hall–Kier alpha value is -4.05. The van der Waals surface area contributed by atoms with Gasteiger partial charge in [0.15, 0.2) is 11.5 Å². The van der Waals surface area contributed by atoms with E-state index in [-0.39, 0.29) is 11.3 Å². The summed E-state index contributed by atoms with van der Waals surface area (Å²) in [5.74, 6) is 0.146. The summed E-state index contributed by atoms with van der Waals surface area (Å²) in [6.45, 7) is 4.81. The molecule has 2 rings (SSSR count). The van der Waals surface area contributed by atoms with E-state index in [1.807, 2.05) is 44.2 Å². The zero-order chi connectivity index (χ0) is 23.3. The van der Waals surface area contributed by atoms with Crippen LogP contribution in [0.2, 0.25) is 0 Å². The van der Waals surface area contributed by atoms with E-state index in [9.17, 15) is 14.9 Å². The molecule has 0 aromatic heterocycles. The number of nitrogens with one attached hydrogen (secondary N) is 1. The SMILES string of the molecule is CCCNC(=O)/C(C#N)=C/c1ccc(OC(=O)/C=C/c2ccccc2OCC)c(OC)c1. The first kappa shape index (κ1) is 24.2. The fourth-order valence-corrected chi connectivity index (χ4v) is 2.71. The Morgan fingerprint density at radius 3 is 2.56 bits per heavy atom. The molecule has 7 heteroatoms. The van der Waals surface area contributed by atoms with Crippen molar-refractivity contribution in [2.24, 2.45) is 0 Å². The summed E-state index contributed by atoms with van der Waals surface area (Å²) in [7, 11) is 1.44. The maximum atomic E-state index is 12.3. The number of ether oxygens (including phenoxy) is 3. The largest absolute Gasteiger partial charge is 0.493 e. The van der Waals surface area contributed by atoms with Crippen molar-refractivity contribution in [3.63, 3.8) is 0 Å². The average Bonchev–Trinajstić information content (AvgIpc) is 2.81. The van der Waals surface area contributed by atoms with E-state index in [0.717, 1.165) is 12.0 Å². The first-order valence-corrected chi connectivity index (χ1v) is 10.2. The lowest BCUT2D eigenvalue weighted by atomic mass is 10.1. The topological polar surface area (TPSA) is 97.7 Å². The molecule has 32 heavy (non-hydrogen) atoms. The van der Waals surface area contributed by atoms with Gasteiger partial charge in [-0.05, 0) is 49.3 Å². The predicted molar refractivity (Wildman–Crippen MR) is 122 cm³/mol. The van der Waals surface area contributed by atoms with E-state index in [1.54, 1.807) is 24.3 Å². The Bertz CT molecular complexity index is 1050. The minimum Gasteiger partial charge on any atom is -0.493 e. The van der Waals surface area contributed by atoms with Crippen molar-refractivity contribution in [2.75, 3.05) is 20.3 Å². The van der Waals surface area contributed by atoms with Crippen LogP contribution < -0.4 is 19.5 Å². The van der Waals surface area contributed by atoms with Crippen LogP contribution in [0.4, 0.5) is 0 Å². The fraction of sp³-hybridized carbons (Fsp3) is 0.240. The molecular weight excluding hydrogens is 408 g/mol. The standard InChI is InChI=1S/C25H26N2O5/c1-4-14-27-25(29)20(17-26)15-18-10-12-22(23(16-18)30-3)32-24(28)13-11-19-8-6-7-9-21(19)31-5-2/h6-13,15-16H,4-5,14H2,1-3H3,(H,27,29)/b13-11+,20-15+. The molecule has 166 valence electrons. The highest BCUT2D eigenvalue weighted by molar-refractivity contribution is 6.01. The van der Waals surface area contributed by atoms with E-state index in [4.69, 9.17) is 14.2 Å². The van der Waals surface area contributed by atoms with Gasteiger partial charge in [-0.15, -0.1) is 0 Å². The Balaban J connectivity index is 2.16. The van der Waals surface area contributed by atoms with Crippen molar-refractivity contribution in [2.45, 2.75) is 20.3 Å². The molecule has 2 aromatic carbocycles. The molecule has 0 unspecified atom stereocenters. The Kier molecular flexibility index (Phi) is 9.54. The monoisotopic (exact) mass is 434 g/mol. The molecule has 1 amide bonds. The van der Waals surface area contributed by atoms with Crippen molar-refractivity contribution in [3.8, 4) is 23.3 Å². The van der Waals surface area contributed by atoms with Crippen molar-refractivity contribution < 1.29 is 23.8 Å². The molecule has 0 aliphatic rings. The Morgan fingerprint density at radius 1 is 1.09 bits per heavy atom. The normalized spacial score (nSPS) is 11.0. The van der Waals surface area contributed by atoms with Crippen molar-refractivity contribution in [3.05, 3.63) is 65.2 Å². The van der Waals surface area contributed by atoms with Crippen molar-refractivity contribution >= 4 is 24.0 Å². The number of hydrogen-bond acceptors (Lipinski definition) is 6. The van der Waals surface area contributed by atoms with Crippen LogP contribution in [0.1, 0.15) is 31.4 Å². The zero-order valence-electron chi connectivity index (χ0n) is 18.4. The second-order valence-corrected chi connectivity index (χ2v) is 6.56. The van der Waals surface area contributed by atoms with Crippen LogP contribution in [0, 0.1) is 11.3 Å². The lowest BCUT2D eigenvalue weighted by molar-refractivity contribution is -0.129. The molecule has 0 aliphatic carbocycles. The molecule has 0 fully saturated rings. The lowest BCUT2D eigenvalue weighted by Gasteiger charge is -2.09. The number of nitriles is 1. The van der Waals surface area contributed by atoms with E-state index in [2.05, 4.69) is 5.32 Å². The number of methoxy groups -OCH3 is 1. The first-order valence-electron chi connectivity index (χ1n) is 10.2. The number of hydrogen-bond donors (Lipinski definition) is 1. The molecule has 0 saturated heterocycles. The van der Waals surface area contributed by atoms with Gasteiger partial charge in [-0.1, -0.05) is 31.2 Å². The second kappa shape index (κ2) is 12.6. The van der Waals surface area contributed by atoms with Gasteiger partial charge in [0.25, 0.3) is 5.91 Å². The van der Waals surface area contributed by atoms with Crippen LogP contribution in [-0.4, -0.2) is 32.1 Å². The highest BCUT2D eigenvalue weighted by Crippen LogP contribution is 2.29. The predicted octanol–water partition coefficient (Wildman–Crippen LogP) is 4.15. The van der Waals surface area contributed by atoms with Crippen LogP contribution in [0.15, 0.2) is 54.1 Å². The van der Waals surface area contributed by atoms with Gasteiger partial charge in [-0.25, -0.2) is 4.79 Å². The number of carbonyl (C=O) groups excluding carboxylic acids is 2. The Morgan fingerprint density at radius 2 is 1.88 bits per heavy atom. The molecule has 0 aliphatic heterocycles. The van der Waals surface area contributed by atoms with Crippen LogP contribution >= 0.6 is 0 Å². The van der Waals surface area contributed by atoms with Gasteiger partial charge in [0.05, 0.1) is 13.7 Å². The van der Waals surface area contributed by atoms with Crippen LogP contribution in [0.5, 0.6) is 17.2 Å². The molecule has 0 saturated carbocycles. The third-order valence-electron chi connectivity index (χ3n) is 4.23. The van der Waals surface area contributed by atoms with Gasteiger partial charge in [0, 0.05) is 18.2 Å². The van der Waals surface area contributed by atoms with Gasteiger partial charge in [0.1, 0.15) is 17.4 Å². The summed E-state index contributed by atoms with van der Waals surface area (Å²) in [5, 5.41) is 11.9. The Labute approximate surface area is 187 Å². The fourth-order valence-electron chi connectivity index (χ4n) is 2.71. The summed E-state index contributed by atoms with van der Waals surface area (Å²) in [6, 6.07) is 14.0. The number of esters is 1. The third kappa shape index (κ3) is 7.03. The van der Waals surface area contributed by atoms with Gasteiger partial charge in [-0.3, -0.25) is 4.79 Å². The molecule has 1 N–H and O–H groups in total. The highest BCUT2D eigenvalue weighted by Gasteiger charge is 2.12. The van der Waals surface area contributed by atoms with Gasteiger partial charge >= 0.3 is 5.97 Å². The summed E-state index contributed by atoms with van der Waals surface area (Å²) < 4.78 is 16.2. The molecule has 0 atom stereocenters. The number of amides is 1. The second-order valence-electron chi connectivity index (χ2n) is 6.56. The number of carbonyl (C=O) groups is 2. The molecule has 0 spiro atoms. The molecule has 2 aromatic rings. The first-order chi connectivity index (χ1) is 15.5. The van der Waals surface area contributed by atoms with Gasteiger partial charge in [-0.2, -0.15) is 5.26 Å². The van der Waals surface area contributed by atoms with Crippen molar-refractivity contribution in [1.82, 2.24) is 5.32 Å². The van der Waals surface area contributed by atoms with E-state index in [0.29, 0.717) is 30.2 Å². The van der Waals surface area contributed by atoms with Crippen LogP contribution in [0.3, 0.4) is 0 Å². The summed E-state index contributed by atoms with van der Waals surface area (Å²) in [4.78, 5) is 24.3. The smallest absolute Gasteiger partial charge is 0.336 e. The number of para-hydroxylation sites is 1. The quantitative estimate of drug-likeness (QED) is 0.261. The van der Waals surface area contributed by atoms with E-state index >= 15 is 0 Å². The number of benzene rings is 2. The molecule has 0 radical (unpaired) electrons. The minimum absolute atomic E-state index is 0.0267. The lowest BCUT2D eigenvalue weighted by Crippen LogP contribution is -2.25. The third-order valence-corrected chi connectivity index (χ3v) is 4.23. The van der Waals surface area contributed by atoms with Crippen LogP contribution in [0.25, 0.3) is 12.2 Å².